The zero-order valence-corrected chi connectivity index (χ0v) is 16.9. The van der Waals surface area contributed by atoms with Gasteiger partial charge < -0.3 is 5.32 Å². The molecule has 1 aromatic carbocycles. The Morgan fingerprint density at radius 2 is 2.00 bits per heavy atom. The highest BCUT2D eigenvalue weighted by Crippen LogP contribution is 2.21. The molecule has 1 amide bonds. The first-order valence-electron chi connectivity index (χ1n) is 8.21. The first kappa shape index (κ1) is 20.4. The second kappa shape index (κ2) is 7.97. The number of anilines is 2. The van der Waals surface area contributed by atoms with Gasteiger partial charge in [-0.2, -0.15) is 5.10 Å². The summed E-state index contributed by atoms with van der Waals surface area (Å²) in [6.45, 7) is 3.03. The summed E-state index contributed by atoms with van der Waals surface area (Å²) < 4.78 is 28.2. The smallest absolute Gasteiger partial charge is 0.309 e. The predicted molar refractivity (Wildman–Crippen MR) is 106 cm³/mol. The molecule has 0 saturated carbocycles. The molecule has 3 rings (SSSR count). The van der Waals surface area contributed by atoms with Crippen LogP contribution in [0.3, 0.4) is 0 Å². The van der Waals surface area contributed by atoms with E-state index in [1.807, 2.05) is 0 Å². The van der Waals surface area contributed by atoms with Crippen LogP contribution in [0.2, 0.25) is 0 Å². The maximum absolute atomic E-state index is 12.4. The average molecular weight is 436 g/mol. The fourth-order valence-electron chi connectivity index (χ4n) is 2.38. The number of carbonyl (C=O) groups is 1. The van der Waals surface area contributed by atoms with E-state index in [0.29, 0.717) is 5.69 Å². The van der Waals surface area contributed by atoms with Crippen molar-refractivity contribution in [3.63, 3.8) is 0 Å². The number of carbonyl (C=O) groups excluding carboxylic acids is 1. The predicted octanol–water partition coefficient (Wildman–Crippen LogP) is 2.56. The molecule has 0 aliphatic carbocycles. The molecule has 0 spiro atoms. The number of aryl methyl sites for hydroxylation is 1. The molecule has 0 aliphatic heterocycles. The van der Waals surface area contributed by atoms with Gasteiger partial charge in [0.15, 0.2) is 5.13 Å². The fraction of sp³-hybridized carbons (Fsp3) is 0.188. The Balaban J connectivity index is 1.69. The normalized spacial score (nSPS) is 12.3. The van der Waals surface area contributed by atoms with Crippen LogP contribution >= 0.6 is 11.3 Å². The highest BCUT2D eigenvalue weighted by molar-refractivity contribution is 7.93. The van der Waals surface area contributed by atoms with E-state index in [9.17, 15) is 23.3 Å². The van der Waals surface area contributed by atoms with Gasteiger partial charge in [0.1, 0.15) is 17.9 Å². The van der Waals surface area contributed by atoms with Gasteiger partial charge in [-0.05, 0) is 38.1 Å². The van der Waals surface area contributed by atoms with E-state index in [1.165, 1.54) is 48.3 Å². The van der Waals surface area contributed by atoms with Crippen LogP contribution in [-0.4, -0.2) is 34.0 Å². The summed E-state index contributed by atoms with van der Waals surface area (Å²) in [7, 11) is -3.79. The van der Waals surface area contributed by atoms with Gasteiger partial charge in [0, 0.05) is 17.3 Å². The Bertz CT molecular complexity index is 1140. The molecular formula is C16H16N6O5S2. The summed E-state index contributed by atoms with van der Waals surface area (Å²) in [5.74, 6) is -0.459. The number of aromatic nitrogens is 3. The standard InChI is InChI=1S/C16H16N6O5S2/c1-10-14(22(24)25)9-21(19-10)11(2)15(23)18-12-3-5-13(6-4-12)29(26,27)20-16-17-7-8-28-16/h3-9,11H,1-2H3,(H,17,20)(H,18,23). The minimum Gasteiger partial charge on any atom is -0.324 e. The Hall–Kier alpha value is -3.32. The Morgan fingerprint density at radius 3 is 2.55 bits per heavy atom. The van der Waals surface area contributed by atoms with Gasteiger partial charge in [-0.1, -0.05) is 0 Å². The molecule has 0 radical (unpaired) electrons. The average Bonchev–Trinajstić information content (AvgIpc) is 3.30. The van der Waals surface area contributed by atoms with Crippen LogP contribution in [0.5, 0.6) is 0 Å². The van der Waals surface area contributed by atoms with Gasteiger partial charge in [-0.3, -0.25) is 24.3 Å². The largest absolute Gasteiger partial charge is 0.324 e. The quantitative estimate of drug-likeness (QED) is 0.427. The number of benzene rings is 1. The summed E-state index contributed by atoms with van der Waals surface area (Å²) in [5, 5.41) is 19.4. The lowest BCUT2D eigenvalue weighted by Gasteiger charge is -2.13. The van der Waals surface area contributed by atoms with Crippen LogP contribution in [0.15, 0.2) is 46.9 Å². The number of thiazole rings is 1. The molecule has 13 heteroatoms. The van der Waals surface area contributed by atoms with Gasteiger partial charge in [0.05, 0.1) is 9.82 Å². The fourth-order valence-corrected chi connectivity index (χ4v) is 4.17. The molecule has 0 aliphatic rings. The SMILES string of the molecule is Cc1nn(C(C)C(=O)Nc2ccc(S(=O)(=O)Nc3nccs3)cc2)cc1[N+](=O)[O-]. The van der Waals surface area contributed by atoms with Crippen molar-refractivity contribution in [2.45, 2.75) is 24.8 Å². The molecule has 2 N–H and O–H groups in total. The molecular weight excluding hydrogens is 420 g/mol. The van der Waals surface area contributed by atoms with Crippen LogP contribution < -0.4 is 10.0 Å². The van der Waals surface area contributed by atoms with Crippen LogP contribution in [0, 0.1) is 17.0 Å². The summed E-state index contributed by atoms with van der Waals surface area (Å²) in [6, 6.07) is 4.77. The topological polar surface area (TPSA) is 149 Å². The Morgan fingerprint density at radius 1 is 1.31 bits per heavy atom. The minimum absolute atomic E-state index is 0.0112. The lowest BCUT2D eigenvalue weighted by Crippen LogP contribution is -2.24. The van der Waals surface area contributed by atoms with E-state index in [-0.39, 0.29) is 21.4 Å². The van der Waals surface area contributed by atoms with Crippen molar-refractivity contribution < 1.29 is 18.1 Å². The first-order valence-corrected chi connectivity index (χ1v) is 10.6. The number of hydrogen-bond donors (Lipinski definition) is 2. The van der Waals surface area contributed by atoms with Gasteiger partial charge in [0.25, 0.3) is 10.0 Å². The second-order valence-corrected chi connectivity index (χ2v) is 8.55. The third-order valence-corrected chi connectivity index (χ3v) is 6.12. The number of nitro groups is 1. The maximum Gasteiger partial charge on any atom is 0.309 e. The lowest BCUT2D eigenvalue weighted by atomic mass is 10.2. The molecule has 1 atom stereocenters. The van der Waals surface area contributed by atoms with Gasteiger partial charge in [0.2, 0.25) is 5.91 Å². The van der Waals surface area contributed by atoms with Gasteiger partial charge >= 0.3 is 5.69 Å². The number of amides is 1. The first-order chi connectivity index (χ1) is 13.7. The van der Waals surface area contributed by atoms with E-state index in [2.05, 4.69) is 20.1 Å². The van der Waals surface area contributed by atoms with Crippen molar-refractivity contribution >= 4 is 43.8 Å². The van der Waals surface area contributed by atoms with Crippen molar-refractivity contribution in [2.75, 3.05) is 10.0 Å². The summed E-state index contributed by atoms with van der Waals surface area (Å²) in [5.41, 5.74) is 0.400. The number of hydrogen-bond acceptors (Lipinski definition) is 8. The van der Waals surface area contributed by atoms with Crippen LogP contribution in [0.25, 0.3) is 0 Å². The highest BCUT2D eigenvalue weighted by atomic mass is 32.2. The van der Waals surface area contributed by atoms with E-state index in [4.69, 9.17) is 0 Å². The lowest BCUT2D eigenvalue weighted by molar-refractivity contribution is -0.385. The zero-order valence-electron chi connectivity index (χ0n) is 15.3. The number of rotatable bonds is 7. The molecule has 1 unspecified atom stereocenters. The summed E-state index contributed by atoms with van der Waals surface area (Å²) in [6.07, 6.45) is 2.68. The summed E-state index contributed by atoms with van der Waals surface area (Å²) in [4.78, 5) is 26.7. The minimum atomic E-state index is -3.79. The van der Waals surface area contributed by atoms with Crippen molar-refractivity contribution in [2.24, 2.45) is 0 Å². The van der Waals surface area contributed by atoms with E-state index < -0.39 is 26.9 Å². The zero-order chi connectivity index (χ0) is 21.2. The van der Waals surface area contributed by atoms with Crippen molar-refractivity contribution in [1.29, 1.82) is 0 Å². The van der Waals surface area contributed by atoms with E-state index in [1.54, 1.807) is 12.3 Å². The van der Waals surface area contributed by atoms with Gasteiger partial charge in [-0.15, -0.1) is 11.3 Å². The van der Waals surface area contributed by atoms with Crippen molar-refractivity contribution in [3.05, 3.63) is 57.8 Å². The number of nitrogens with zero attached hydrogens (tertiary/aromatic N) is 4. The maximum atomic E-state index is 12.4. The Kier molecular flexibility index (Phi) is 5.61. The molecule has 29 heavy (non-hydrogen) atoms. The number of nitrogens with one attached hydrogen (secondary N) is 2. The van der Waals surface area contributed by atoms with Crippen LogP contribution in [-0.2, 0) is 14.8 Å². The third-order valence-electron chi connectivity index (χ3n) is 3.95. The van der Waals surface area contributed by atoms with Crippen molar-refractivity contribution in [3.8, 4) is 0 Å². The number of sulfonamides is 1. The highest BCUT2D eigenvalue weighted by Gasteiger charge is 2.22. The summed E-state index contributed by atoms with van der Waals surface area (Å²) >= 11 is 1.15. The monoisotopic (exact) mass is 436 g/mol. The molecule has 0 fully saturated rings. The Labute approximate surface area is 169 Å². The second-order valence-electron chi connectivity index (χ2n) is 5.97. The van der Waals surface area contributed by atoms with Crippen molar-refractivity contribution in [1.82, 2.24) is 14.8 Å². The van der Waals surface area contributed by atoms with Gasteiger partial charge in [-0.25, -0.2) is 13.4 Å². The van der Waals surface area contributed by atoms with E-state index >= 15 is 0 Å². The third kappa shape index (κ3) is 4.57. The molecule has 11 nitrogen and oxygen atoms in total. The molecule has 2 aromatic heterocycles. The molecule has 0 bridgehead atoms. The van der Waals surface area contributed by atoms with E-state index in [0.717, 1.165) is 11.3 Å². The molecule has 3 aromatic rings. The molecule has 152 valence electrons. The molecule has 0 saturated heterocycles. The van der Waals surface area contributed by atoms with Crippen LogP contribution in [0.4, 0.5) is 16.5 Å². The molecule has 2 heterocycles. The van der Waals surface area contributed by atoms with Crippen LogP contribution in [0.1, 0.15) is 18.7 Å².